The van der Waals surface area contributed by atoms with Crippen LogP contribution in [0.2, 0.25) is 0 Å². The molecule has 11 heteroatoms. The molecule has 2 aromatic rings. The van der Waals surface area contributed by atoms with Gasteiger partial charge in [0.25, 0.3) is 5.91 Å². The number of nitrogens with zero attached hydrogens (tertiary/aromatic N) is 1. The van der Waals surface area contributed by atoms with Crippen molar-refractivity contribution < 1.29 is 23.2 Å². The number of carbonyl (C=O) groups excluding carboxylic acids is 1. The number of carbonyl (C=O) groups is 1. The van der Waals surface area contributed by atoms with Crippen molar-refractivity contribution in [3.05, 3.63) is 50.9 Å². The standard InChI is InChI=1S/C12H11N3O6S2/c13-23(20,21)11-4-2-8(22-11)6-14-12(17)7-1-3-9(15(18)19)10(16)5-7/h1-5,16H,6H2,(H,14,17)(H2,13,20,21). The molecule has 1 amide bonds. The molecule has 2 rings (SSSR count). The van der Waals surface area contributed by atoms with Gasteiger partial charge in [-0.3, -0.25) is 14.9 Å². The second-order valence-corrected chi connectivity index (χ2v) is 7.37. The van der Waals surface area contributed by atoms with Gasteiger partial charge in [0, 0.05) is 16.5 Å². The first-order valence-electron chi connectivity index (χ1n) is 6.05. The van der Waals surface area contributed by atoms with Gasteiger partial charge in [-0.1, -0.05) is 0 Å². The van der Waals surface area contributed by atoms with Gasteiger partial charge in [0.1, 0.15) is 4.21 Å². The molecule has 122 valence electrons. The van der Waals surface area contributed by atoms with Crippen LogP contribution in [-0.2, 0) is 16.6 Å². The quantitative estimate of drug-likeness (QED) is 0.535. The molecule has 0 aliphatic heterocycles. The molecule has 4 N–H and O–H groups in total. The van der Waals surface area contributed by atoms with Crippen LogP contribution in [0.4, 0.5) is 5.69 Å². The molecule has 1 aromatic carbocycles. The Bertz CT molecular complexity index is 875. The Kier molecular flexibility index (Phi) is 4.63. The lowest BCUT2D eigenvalue weighted by Crippen LogP contribution is -2.22. The highest BCUT2D eigenvalue weighted by Crippen LogP contribution is 2.26. The number of sulfonamides is 1. The predicted octanol–water partition coefficient (Wildman–Crippen LogP) is 0.939. The van der Waals surface area contributed by atoms with E-state index in [0.717, 1.165) is 23.5 Å². The molecule has 0 aliphatic rings. The molecule has 23 heavy (non-hydrogen) atoms. The van der Waals surface area contributed by atoms with Gasteiger partial charge < -0.3 is 10.4 Å². The van der Waals surface area contributed by atoms with Crippen molar-refractivity contribution in [1.29, 1.82) is 0 Å². The number of thiophene rings is 1. The van der Waals surface area contributed by atoms with Crippen molar-refractivity contribution in [3.8, 4) is 5.75 Å². The van der Waals surface area contributed by atoms with Crippen LogP contribution in [0.3, 0.4) is 0 Å². The maximum absolute atomic E-state index is 11.9. The SMILES string of the molecule is NS(=O)(=O)c1ccc(CNC(=O)c2ccc([N+](=O)[O-])c(O)c2)s1. The smallest absolute Gasteiger partial charge is 0.310 e. The van der Waals surface area contributed by atoms with Crippen molar-refractivity contribution in [2.45, 2.75) is 10.8 Å². The Morgan fingerprint density at radius 3 is 2.57 bits per heavy atom. The van der Waals surface area contributed by atoms with Gasteiger partial charge in [-0.2, -0.15) is 0 Å². The lowest BCUT2D eigenvalue weighted by Gasteiger charge is -2.04. The summed E-state index contributed by atoms with van der Waals surface area (Å²) in [6.07, 6.45) is 0. The summed E-state index contributed by atoms with van der Waals surface area (Å²) in [4.78, 5) is 22.3. The Labute approximate surface area is 134 Å². The van der Waals surface area contributed by atoms with Gasteiger partial charge in [-0.05, 0) is 24.3 Å². The Hall–Kier alpha value is -2.50. The zero-order chi connectivity index (χ0) is 17.2. The maximum Gasteiger partial charge on any atom is 0.310 e. The number of benzene rings is 1. The van der Waals surface area contributed by atoms with Gasteiger partial charge in [-0.15, -0.1) is 11.3 Å². The van der Waals surface area contributed by atoms with Crippen LogP contribution < -0.4 is 10.5 Å². The van der Waals surface area contributed by atoms with E-state index in [0.29, 0.717) is 4.88 Å². The zero-order valence-corrected chi connectivity index (χ0v) is 13.1. The third-order valence-electron chi connectivity index (χ3n) is 2.77. The van der Waals surface area contributed by atoms with E-state index in [9.17, 15) is 28.4 Å². The number of nitrogens with two attached hydrogens (primary N) is 1. The van der Waals surface area contributed by atoms with E-state index in [1.165, 1.54) is 18.2 Å². The van der Waals surface area contributed by atoms with Crippen molar-refractivity contribution in [1.82, 2.24) is 5.32 Å². The van der Waals surface area contributed by atoms with E-state index >= 15 is 0 Å². The summed E-state index contributed by atoms with van der Waals surface area (Å²) < 4.78 is 22.3. The number of nitro groups is 1. The Morgan fingerprint density at radius 1 is 1.35 bits per heavy atom. The largest absolute Gasteiger partial charge is 0.502 e. The molecule has 0 atom stereocenters. The number of phenolic OH excluding ortho intramolecular Hbond substituents is 1. The summed E-state index contributed by atoms with van der Waals surface area (Å²) in [5.41, 5.74) is -0.464. The fraction of sp³-hybridized carbons (Fsp3) is 0.0833. The summed E-state index contributed by atoms with van der Waals surface area (Å²) in [6, 6.07) is 6.06. The van der Waals surface area contributed by atoms with Crippen LogP contribution in [0.5, 0.6) is 5.75 Å². The van der Waals surface area contributed by atoms with Crippen molar-refractivity contribution in [2.24, 2.45) is 5.14 Å². The second kappa shape index (κ2) is 6.32. The number of primary sulfonamides is 1. The number of phenols is 1. The van der Waals surface area contributed by atoms with E-state index in [-0.39, 0.29) is 16.3 Å². The summed E-state index contributed by atoms with van der Waals surface area (Å²) in [7, 11) is -3.78. The molecule has 0 radical (unpaired) electrons. The number of rotatable bonds is 5. The van der Waals surface area contributed by atoms with Gasteiger partial charge in [-0.25, -0.2) is 13.6 Å². The third-order valence-corrected chi connectivity index (χ3v) is 5.30. The maximum atomic E-state index is 11.9. The molecule has 9 nitrogen and oxygen atoms in total. The lowest BCUT2D eigenvalue weighted by molar-refractivity contribution is -0.385. The van der Waals surface area contributed by atoms with Crippen LogP contribution in [0, 0.1) is 10.1 Å². The monoisotopic (exact) mass is 357 g/mol. The minimum absolute atomic E-state index is 0.0188. The number of hydrogen-bond donors (Lipinski definition) is 3. The molecule has 0 fully saturated rings. The fourth-order valence-corrected chi connectivity index (χ4v) is 3.41. The van der Waals surface area contributed by atoms with Gasteiger partial charge in [0.15, 0.2) is 5.75 Å². The molecule has 0 saturated carbocycles. The van der Waals surface area contributed by atoms with Crippen LogP contribution in [-0.4, -0.2) is 24.4 Å². The molecule has 0 unspecified atom stereocenters. The van der Waals surface area contributed by atoms with E-state index in [1.54, 1.807) is 0 Å². The van der Waals surface area contributed by atoms with Gasteiger partial charge in [0.2, 0.25) is 10.0 Å². The minimum atomic E-state index is -3.78. The Morgan fingerprint density at radius 2 is 2.04 bits per heavy atom. The first-order chi connectivity index (χ1) is 10.7. The summed E-state index contributed by atoms with van der Waals surface area (Å²) in [5.74, 6) is -1.18. The summed E-state index contributed by atoms with van der Waals surface area (Å²) in [5, 5.41) is 27.6. The van der Waals surface area contributed by atoms with Crippen molar-refractivity contribution in [2.75, 3.05) is 0 Å². The topological polar surface area (TPSA) is 153 Å². The molecule has 1 aromatic heterocycles. The van der Waals surface area contributed by atoms with Crippen LogP contribution >= 0.6 is 11.3 Å². The highest BCUT2D eigenvalue weighted by atomic mass is 32.2. The minimum Gasteiger partial charge on any atom is -0.502 e. The first-order valence-corrected chi connectivity index (χ1v) is 8.42. The van der Waals surface area contributed by atoms with Crippen LogP contribution in [0.1, 0.15) is 15.2 Å². The van der Waals surface area contributed by atoms with E-state index < -0.39 is 32.3 Å². The van der Waals surface area contributed by atoms with E-state index in [1.807, 2.05) is 0 Å². The number of nitrogens with one attached hydrogen (secondary N) is 1. The zero-order valence-electron chi connectivity index (χ0n) is 11.4. The van der Waals surface area contributed by atoms with Gasteiger partial charge in [0.05, 0.1) is 11.5 Å². The summed E-state index contributed by atoms with van der Waals surface area (Å²) in [6.45, 7) is 0.0524. The summed E-state index contributed by atoms with van der Waals surface area (Å²) >= 11 is 0.920. The number of amides is 1. The molecular weight excluding hydrogens is 346 g/mol. The normalized spacial score (nSPS) is 11.2. The fourth-order valence-electron chi connectivity index (χ4n) is 1.69. The molecule has 0 spiro atoms. The predicted molar refractivity (Wildman–Crippen MR) is 81.6 cm³/mol. The highest BCUT2D eigenvalue weighted by Gasteiger charge is 2.16. The van der Waals surface area contributed by atoms with Crippen molar-refractivity contribution in [3.63, 3.8) is 0 Å². The first kappa shape index (κ1) is 16.9. The number of hydrogen-bond acceptors (Lipinski definition) is 7. The average Bonchev–Trinajstić information content (AvgIpc) is 2.93. The molecule has 1 heterocycles. The van der Waals surface area contributed by atoms with Gasteiger partial charge >= 0.3 is 5.69 Å². The van der Waals surface area contributed by atoms with E-state index in [4.69, 9.17) is 5.14 Å². The molecule has 0 bridgehead atoms. The average molecular weight is 357 g/mol. The molecular formula is C12H11N3O6S2. The number of nitro benzene ring substituents is 1. The second-order valence-electron chi connectivity index (χ2n) is 4.41. The van der Waals surface area contributed by atoms with Crippen LogP contribution in [0.15, 0.2) is 34.5 Å². The lowest BCUT2D eigenvalue weighted by atomic mass is 10.2. The van der Waals surface area contributed by atoms with E-state index in [2.05, 4.69) is 5.32 Å². The van der Waals surface area contributed by atoms with Crippen molar-refractivity contribution >= 4 is 33.0 Å². The Balaban J connectivity index is 2.07. The highest BCUT2D eigenvalue weighted by molar-refractivity contribution is 7.91. The third kappa shape index (κ3) is 4.03. The molecule has 0 aliphatic carbocycles. The van der Waals surface area contributed by atoms with Crippen LogP contribution in [0.25, 0.3) is 0 Å². The molecule has 0 saturated heterocycles. The number of aromatic hydroxyl groups is 1.